The quantitative estimate of drug-likeness (QED) is 0.479. The lowest BCUT2D eigenvalue weighted by molar-refractivity contribution is 0.416. The van der Waals surface area contributed by atoms with Crippen LogP contribution < -0.4 is 0 Å². The van der Waals surface area contributed by atoms with Gasteiger partial charge < -0.3 is 9.84 Å². The average Bonchev–Trinajstić information content (AvgIpc) is 2.18. The van der Waals surface area contributed by atoms with E-state index in [9.17, 15) is 5.11 Å². The molecule has 0 fully saturated rings. The van der Waals surface area contributed by atoms with E-state index in [1.807, 2.05) is 0 Å². The summed E-state index contributed by atoms with van der Waals surface area (Å²) >= 11 is 10.5. The van der Waals surface area contributed by atoms with Crippen LogP contribution in [0, 0.1) is 0 Å². The third-order valence-electron chi connectivity index (χ3n) is 1.60. The van der Waals surface area contributed by atoms with E-state index in [0.29, 0.717) is 10.6 Å². The predicted molar refractivity (Wildman–Crippen MR) is 61.7 cm³/mol. The topological polar surface area (TPSA) is 29.5 Å². The van der Waals surface area contributed by atoms with Crippen molar-refractivity contribution in [1.82, 2.24) is 0 Å². The Morgan fingerprint density at radius 2 is 2.00 bits per heavy atom. The molecule has 1 N–H and O–H groups in total. The number of hydrogen-bond donors (Lipinski definition) is 1. The molecule has 2 nitrogen and oxygen atoms in total. The van der Waals surface area contributed by atoms with Crippen LogP contribution in [0.4, 0.5) is 0 Å². The Kier molecular flexibility index (Phi) is 3.92. The smallest absolute Gasteiger partial charge is 0.187 e. The molecule has 0 bridgehead atoms. The summed E-state index contributed by atoms with van der Waals surface area (Å²) < 4.78 is 4.74. The van der Waals surface area contributed by atoms with E-state index in [1.54, 1.807) is 24.3 Å². The average molecular weight is 229 g/mol. The highest BCUT2D eigenvalue weighted by molar-refractivity contribution is 7.80. The van der Waals surface area contributed by atoms with Crippen LogP contribution in [0.25, 0.3) is 5.76 Å². The molecule has 0 aliphatic carbocycles. The molecule has 0 aromatic heterocycles. The van der Waals surface area contributed by atoms with Gasteiger partial charge in [-0.2, -0.15) is 0 Å². The highest BCUT2D eigenvalue weighted by Crippen LogP contribution is 2.15. The van der Waals surface area contributed by atoms with Gasteiger partial charge in [-0.05, 0) is 36.5 Å². The lowest BCUT2D eigenvalue weighted by Crippen LogP contribution is -1.93. The SMILES string of the molecule is COC(=S)/C=C(\O)c1ccc(Cl)cc1. The number of hydrogen-bond acceptors (Lipinski definition) is 3. The van der Waals surface area contributed by atoms with Crippen LogP contribution in [0.1, 0.15) is 5.56 Å². The Labute approximate surface area is 92.8 Å². The molecule has 0 saturated carbocycles. The third-order valence-corrected chi connectivity index (χ3v) is 2.13. The molecule has 1 aromatic rings. The van der Waals surface area contributed by atoms with Crippen LogP contribution in [0.5, 0.6) is 0 Å². The van der Waals surface area contributed by atoms with Crippen LogP contribution in [-0.2, 0) is 4.74 Å². The Morgan fingerprint density at radius 3 is 2.50 bits per heavy atom. The number of aliphatic hydroxyl groups is 1. The van der Waals surface area contributed by atoms with Crippen molar-refractivity contribution in [2.75, 3.05) is 7.11 Å². The Bertz CT molecular complexity index is 357. The second-order valence-electron chi connectivity index (χ2n) is 2.56. The van der Waals surface area contributed by atoms with Crippen molar-refractivity contribution in [3.8, 4) is 0 Å². The highest BCUT2D eigenvalue weighted by Gasteiger charge is 2.00. The molecule has 1 rings (SSSR count). The summed E-state index contributed by atoms with van der Waals surface area (Å²) in [5, 5.41) is 10.4. The zero-order valence-corrected chi connectivity index (χ0v) is 9.10. The molecule has 4 heteroatoms. The molecule has 0 spiro atoms. The summed E-state index contributed by atoms with van der Waals surface area (Å²) in [6.07, 6.45) is 1.37. The molecule has 0 aliphatic rings. The van der Waals surface area contributed by atoms with E-state index in [-0.39, 0.29) is 10.8 Å². The second kappa shape index (κ2) is 4.98. The lowest BCUT2D eigenvalue weighted by Gasteiger charge is -2.00. The van der Waals surface area contributed by atoms with E-state index in [0.717, 1.165) is 0 Å². The van der Waals surface area contributed by atoms with Crippen LogP contribution in [0.2, 0.25) is 5.02 Å². The van der Waals surface area contributed by atoms with Crippen LogP contribution >= 0.6 is 23.8 Å². The summed E-state index contributed by atoms with van der Waals surface area (Å²) in [5.41, 5.74) is 0.647. The summed E-state index contributed by atoms with van der Waals surface area (Å²) in [5.74, 6) is 0.0634. The number of methoxy groups -OCH3 is 1. The van der Waals surface area contributed by atoms with Crippen LogP contribution in [0.3, 0.4) is 0 Å². The standard InChI is InChI=1S/C10H9ClO2S/c1-13-10(14)6-9(12)7-2-4-8(11)5-3-7/h2-6,12H,1H3/b9-6-. The maximum Gasteiger partial charge on any atom is 0.187 e. The molecule has 0 unspecified atom stereocenters. The van der Waals surface area contributed by atoms with Gasteiger partial charge in [-0.15, -0.1) is 0 Å². The zero-order valence-electron chi connectivity index (χ0n) is 7.53. The summed E-state index contributed by atoms with van der Waals surface area (Å²) in [6, 6.07) is 6.78. The normalized spacial score (nSPS) is 11.1. The molecule has 0 heterocycles. The van der Waals surface area contributed by atoms with Crippen molar-refractivity contribution in [2.24, 2.45) is 0 Å². The summed E-state index contributed by atoms with van der Waals surface area (Å²) in [4.78, 5) is 0. The van der Waals surface area contributed by atoms with Gasteiger partial charge in [-0.25, -0.2) is 0 Å². The van der Waals surface area contributed by atoms with Gasteiger partial charge in [-0.3, -0.25) is 0 Å². The first-order valence-electron chi connectivity index (χ1n) is 3.88. The van der Waals surface area contributed by atoms with Gasteiger partial charge in [0, 0.05) is 16.7 Å². The van der Waals surface area contributed by atoms with Crippen molar-refractivity contribution >= 4 is 34.6 Å². The van der Waals surface area contributed by atoms with E-state index in [1.165, 1.54) is 13.2 Å². The largest absolute Gasteiger partial charge is 0.507 e. The molecule has 0 amide bonds. The summed E-state index contributed by atoms with van der Waals surface area (Å²) in [7, 11) is 1.45. The van der Waals surface area contributed by atoms with Crippen molar-refractivity contribution < 1.29 is 9.84 Å². The number of halogens is 1. The van der Waals surface area contributed by atoms with Gasteiger partial charge >= 0.3 is 0 Å². The second-order valence-corrected chi connectivity index (χ2v) is 3.40. The molecule has 0 aliphatic heterocycles. The summed E-state index contributed by atoms with van der Waals surface area (Å²) in [6.45, 7) is 0. The number of ether oxygens (including phenoxy) is 1. The molecule has 0 atom stereocenters. The minimum absolute atomic E-state index is 0.0634. The van der Waals surface area contributed by atoms with Crippen molar-refractivity contribution in [2.45, 2.75) is 0 Å². The van der Waals surface area contributed by atoms with Gasteiger partial charge in [0.25, 0.3) is 0 Å². The fraction of sp³-hybridized carbons (Fsp3) is 0.100. The first kappa shape index (κ1) is 11.0. The van der Waals surface area contributed by atoms with Gasteiger partial charge in [0.1, 0.15) is 5.76 Å². The molecular formula is C10H9ClO2S. The number of aliphatic hydroxyl groups excluding tert-OH is 1. The van der Waals surface area contributed by atoms with E-state index in [2.05, 4.69) is 0 Å². The molecule has 1 aromatic carbocycles. The number of rotatable bonds is 2. The van der Waals surface area contributed by atoms with Gasteiger partial charge in [0.15, 0.2) is 5.05 Å². The monoisotopic (exact) mass is 228 g/mol. The Morgan fingerprint density at radius 1 is 1.43 bits per heavy atom. The minimum Gasteiger partial charge on any atom is -0.507 e. The van der Waals surface area contributed by atoms with E-state index in [4.69, 9.17) is 28.6 Å². The molecule has 14 heavy (non-hydrogen) atoms. The van der Waals surface area contributed by atoms with Gasteiger partial charge in [-0.1, -0.05) is 11.6 Å². The third kappa shape index (κ3) is 3.01. The molecule has 74 valence electrons. The lowest BCUT2D eigenvalue weighted by atomic mass is 10.2. The number of benzene rings is 1. The van der Waals surface area contributed by atoms with Crippen molar-refractivity contribution in [1.29, 1.82) is 0 Å². The Hall–Kier alpha value is -1.06. The highest BCUT2D eigenvalue weighted by atomic mass is 35.5. The van der Waals surface area contributed by atoms with Crippen LogP contribution in [-0.4, -0.2) is 17.3 Å². The fourth-order valence-electron chi connectivity index (χ4n) is 0.875. The van der Waals surface area contributed by atoms with Gasteiger partial charge in [0.05, 0.1) is 7.11 Å². The fourth-order valence-corrected chi connectivity index (χ4v) is 1.11. The molecular weight excluding hydrogens is 220 g/mol. The number of thiocarbonyl (C=S) groups is 1. The first-order valence-corrected chi connectivity index (χ1v) is 4.66. The predicted octanol–water partition coefficient (Wildman–Crippen LogP) is 3.21. The molecule has 0 saturated heterocycles. The minimum atomic E-state index is 0.0634. The van der Waals surface area contributed by atoms with Gasteiger partial charge in [0.2, 0.25) is 0 Å². The van der Waals surface area contributed by atoms with E-state index < -0.39 is 0 Å². The van der Waals surface area contributed by atoms with E-state index >= 15 is 0 Å². The van der Waals surface area contributed by atoms with Crippen molar-refractivity contribution in [3.05, 3.63) is 40.9 Å². The van der Waals surface area contributed by atoms with Crippen LogP contribution in [0.15, 0.2) is 30.3 Å². The zero-order chi connectivity index (χ0) is 10.6. The first-order chi connectivity index (χ1) is 6.63. The maximum atomic E-state index is 9.56. The maximum absolute atomic E-state index is 9.56. The molecule has 0 radical (unpaired) electrons. The van der Waals surface area contributed by atoms with Crippen molar-refractivity contribution in [3.63, 3.8) is 0 Å². The Balaban J connectivity index is 2.89.